The number of amides is 1. The Morgan fingerprint density at radius 3 is 3.00 bits per heavy atom. The number of nitrogens with zero attached hydrogens (tertiary/aromatic N) is 3. The number of hydrogen-bond acceptors (Lipinski definition) is 3. The largest absolute Gasteiger partial charge is 0.384 e. The maximum absolute atomic E-state index is 12.7. The lowest BCUT2D eigenvalue weighted by Gasteiger charge is -2.24. The first kappa shape index (κ1) is 17.0. The summed E-state index contributed by atoms with van der Waals surface area (Å²) >= 11 is 6.18. The number of hydrogen-bond donors (Lipinski definition) is 0. The van der Waals surface area contributed by atoms with E-state index >= 15 is 0 Å². The van der Waals surface area contributed by atoms with Crippen LogP contribution in [0.2, 0.25) is 5.02 Å². The first-order valence-electron chi connectivity index (χ1n) is 8.16. The van der Waals surface area contributed by atoms with Gasteiger partial charge in [0.1, 0.15) is 0 Å². The highest BCUT2D eigenvalue weighted by Gasteiger charge is 2.25. The molecule has 5 nitrogen and oxygen atoms in total. The van der Waals surface area contributed by atoms with Crippen LogP contribution in [0.15, 0.2) is 36.8 Å². The number of halogens is 1. The van der Waals surface area contributed by atoms with Crippen molar-refractivity contribution in [3.05, 3.63) is 53.1 Å². The fourth-order valence-corrected chi connectivity index (χ4v) is 3.41. The third kappa shape index (κ3) is 3.97. The quantitative estimate of drug-likeness (QED) is 0.835. The normalized spacial score (nSPS) is 17.4. The average Bonchev–Trinajstić information content (AvgIpc) is 2.93. The van der Waals surface area contributed by atoms with E-state index < -0.39 is 0 Å². The summed E-state index contributed by atoms with van der Waals surface area (Å²) < 4.78 is 7.43. The van der Waals surface area contributed by atoms with Gasteiger partial charge in [-0.1, -0.05) is 29.8 Å². The van der Waals surface area contributed by atoms with Gasteiger partial charge in [-0.05, 0) is 18.1 Å². The molecule has 2 aromatic rings. The summed E-state index contributed by atoms with van der Waals surface area (Å²) in [6, 6.07) is 7.69. The molecule has 0 N–H and O–H groups in total. The monoisotopic (exact) mass is 347 g/mol. The van der Waals surface area contributed by atoms with Gasteiger partial charge in [0.05, 0.1) is 25.2 Å². The molecule has 0 fully saturated rings. The van der Waals surface area contributed by atoms with E-state index in [4.69, 9.17) is 16.3 Å². The minimum absolute atomic E-state index is 0.144. The van der Waals surface area contributed by atoms with Crippen LogP contribution in [0, 0.1) is 5.92 Å². The lowest BCUT2D eigenvalue weighted by molar-refractivity contribution is -0.132. The van der Waals surface area contributed by atoms with Crippen molar-refractivity contribution in [2.45, 2.75) is 25.9 Å². The Bertz CT molecular complexity index is 701. The summed E-state index contributed by atoms with van der Waals surface area (Å²) in [6.07, 6.45) is 4.78. The highest BCUT2D eigenvalue weighted by atomic mass is 35.5. The Kier molecular flexibility index (Phi) is 5.53. The first-order chi connectivity index (χ1) is 11.7. The van der Waals surface area contributed by atoms with E-state index in [9.17, 15) is 4.79 Å². The molecule has 1 aromatic carbocycles. The molecule has 24 heavy (non-hydrogen) atoms. The van der Waals surface area contributed by atoms with Crippen LogP contribution in [-0.2, 0) is 29.0 Å². The summed E-state index contributed by atoms with van der Waals surface area (Å²) in [7, 11) is 1.70. The van der Waals surface area contributed by atoms with E-state index in [1.165, 1.54) is 0 Å². The van der Waals surface area contributed by atoms with Gasteiger partial charge in [0.15, 0.2) is 0 Å². The zero-order valence-corrected chi connectivity index (χ0v) is 14.6. The van der Waals surface area contributed by atoms with Crippen molar-refractivity contribution in [3.63, 3.8) is 0 Å². The molecule has 0 saturated carbocycles. The summed E-state index contributed by atoms with van der Waals surface area (Å²) in [4.78, 5) is 18.9. The minimum Gasteiger partial charge on any atom is -0.384 e. The van der Waals surface area contributed by atoms with Crippen LogP contribution in [-0.4, -0.2) is 40.6 Å². The molecule has 0 unspecified atom stereocenters. The van der Waals surface area contributed by atoms with Crippen molar-refractivity contribution in [2.24, 2.45) is 5.92 Å². The van der Waals surface area contributed by atoms with Crippen molar-refractivity contribution in [1.82, 2.24) is 14.5 Å². The lowest BCUT2D eigenvalue weighted by Crippen LogP contribution is -2.35. The second kappa shape index (κ2) is 7.81. The molecule has 3 rings (SSSR count). The van der Waals surface area contributed by atoms with Crippen molar-refractivity contribution in [2.75, 3.05) is 20.3 Å². The summed E-state index contributed by atoms with van der Waals surface area (Å²) in [5, 5.41) is 0.719. The fourth-order valence-electron chi connectivity index (χ4n) is 3.18. The standard InChI is InChI=1S/C18H22ClN3O2/c1-24-12-14-9-21(11-16-8-20-13-22(16)10-14)18(23)7-6-15-4-2-3-5-17(15)19/h2-5,8,13-14H,6-7,9-12H2,1H3/t14-/m0/s1. The van der Waals surface area contributed by atoms with E-state index in [0.717, 1.165) is 22.8 Å². The summed E-state index contributed by atoms with van der Waals surface area (Å²) in [6.45, 7) is 2.77. The minimum atomic E-state index is 0.144. The molecule has 6 heteroatoms. The van der Waals surface area contributed by atoms with Gasteiger partial charge >= 0.3 is 0 Å². The number of benzene rings is 1. The number of aromatic nitrogens is 2. The molecular formula is C18H22ClN3O2. The number of methoxy groups -OCH3 is 1. The number of carbonyl (C=O) groups excluding carboxylic acids is 1. The van der Waals surface area contributed by atoms with Crippen LogP contribution >= 0.6 is 11.6 Å². The van der Waals surface area contributed by atoms with Gasteiger partial charge in [-0.2, -0.15) is 0 Å². The van der Waals surface area contributed by atoms with Gasteiger partial charge in [-0.25, -0.2) is 4.98 Å². The molecule has 0 bridgehead atoms. The molecule has 0 radical (unpaired) electrons. The van der Waals surface area contributed by atoms with Crippen LogP contribution in [0.4, 0.5) is 0 Å². The van der Waals surface area contributed by atoms with Gasteiger partial charge in [0.25, 0.3) is 0 Å². The lowest BCUT2D eigenvalue weighted by atomic mass is 10.1. The average molecular weight is 348 g/mol. The van der Waals surface area contributed by atoms with Gasteiger partial charge < -0.3 is 14.2 Å². The topological polar surface area (TPSA) is 47.4 Å². The van der Waals surface area contributed by atoms with Gasteiger partial charge in [0.2, 0.25) is 5.91 Å². The van der Waals surface area contributed by atoms with E-state index in [-0.39, 0.29) is 11.8 Å². The van der Waals surface area contributed by atoms with Crippen molar-refractivity contribution < 1.29 is 9.53 Å². The van der Waals surface area contributed by atoms with Crippen LogP contribution in [0.25, 0.3) is 0 Å². The van der Waals surface area contributed by atoms with E-state index in [1.54, 1.807) is 7.11 Å². The highest BCUT2D eigenvalue weighted by Crippen LogP contribution is 2.20. The third-order valence-corrected chi connectivity index (χ3v) is 4.77. The summed E-state index contributed by atoms with van der Waals surface area (Å²) in [5.41, 5.74) is 2.08. The Balaban J connectivity index is 1.68. The number of ether oxygens (including phenoxy) is 1. The van der Waals surface area contributed by atoms with Crippen LogP contribution in [0.1, 0.15) is 17.7 Å². The number of imidazole rings is 1. The van der Waals surface area contributed by atoms with Gasteiger partial charge in [0, 0.05) is 43.8 Å². The maximum atomic E-state index is 12.7. The second-order valence-corrected chi connectivity index (χ2v) is 6.63. The molecule has 1 atom stereocenters. The summed E-state index contributed by atoms with van der Waals surface area (Å²) in [5.74, 6) is 0.417. The zero-order chi connectivity index (χ0) is 16.9. The molecule has 2 heterocycles. The number of rotatable bonds is 5. The van der Waals surface area contributed by atoms with Crippen LogP contribution in [0.5, 0.6) is 0 Å². The SMILES string of the molecule is COC[C@H]1CN(C(=O)CCc2ccccc2Cl)Cc2cncn2C1. The second-order valence-electron chi connectivity index (χ2n) is 6.22. The third-order valence-electron chi connectivity index (χ3n) is 4.41. The van der Waals surface area contributed by atoms with Gasteiger partial charge in [-0.15, -0.1) is 0 Å². The Morgan fingerprint density at radius 2 is 2.21 bits per heavy atom. The molecule has 0 spiro atoms. The first-order valence-corrected chi connectivity index (χ1v) is 8.54. The van der Waals surface area contributed by atoms with Crippen LogP contribution < -0.4 is 0 Å². The van der Waals surface area contributed by atoms with E-state index in [0.29, 0.717) is 32.5 Å². The van der Waals surface area contributed by atoms with Crippen molar-refractivity contribution in [3.8, 4) is 0 Å². The van der Waals surface area contributed by atoms with Crippen molar-refractivity contribution in [1.29, 1.82) is 0 Å². The van der Waals surface area contributed by atoms with E-state index in [2.05, 4.69) is 9.55 Å². The maximum Gasteiger partial charge on any atom is 0.223 e. The highest BCUT2D eigenvalue weighted by molar-refractivity contribution is 6.31. The number of aryl methyl sites for hydroxylation is 1. The molecule has 0 saturated heterocycles. The smallest absolute Gasteiger partial charge is 0.223 e. The predicted octanol–water partition coefficient (Wildman–Crippen LogP) is 2.77. The van der Waals surface area contributed by atoms with Crippen LogP contribution in [0.3, 0.4) is 0 Å². The van der Waals surface area contributed by atoms with Crippen molar-refractivity contribution >= 4 is 17.5 Å². The Hall–Kier alpha value is -1.85. The van der Waals surface area contributed by atoms with E-state index in [1.807, 2.05) is 41.7 Å². The van der Waals surface area contributed by atoms with Gasteiger partial charge in [-0.3, -0.25) is 4.79 Å². The fraction of sp³-hybridized carbons (Fsp3) is 0.444. The molecule has 1 aromatic heterocycles. The molecule has 1 amide bonds. The molecular weight excluding hydrogens is 326 g/mol. The molecule has 128 valence electrons. The Morgan fingerprint density at radius 1 is 1.38 bits per heavy atom. The molecule has 1 aliphatic rings. The number of carbonyl (C=O) groups is 1. The predicted molar refractivity (Wildman–Crippen MR) is 92.8 cm³/mol. The molecule has 1 aliphatic heterocycles. The Labute approximate surface area is 147 Å². The molecule has 0 aliphatic carbocycles. The number of fused-ring (bicyclic) bond motifs is 1. The zero-order valence-electron chi connectivity index (χ0n) is 13.8.